The lowest BCUT2D eigenvalue weighted by atomic mass is 9.92. The highest BCUT2D eigenvalue weighted by Crippen LogP contribution is 2.47. The number of hydrogen-bond donors (Lipinski definition) is 3. The molecule has 0 saturated carbocycles. The Morgan fingerprint density at radius 2 is 2.05 bits per heavy atom. The van der Waals surface area contributed by atoms with E-state index in [9.17, 15) is 9.18 Å². The fraction of sp³-hybridized carbons (Fsp3) is 0.222. The number of amides is 1. The fourth-order valence-corrected chi connectivity index (χ4v) is 6.52. The molecule has 3 aromatic heterocycles. The van der Waals surface area contributed by atoms with Crippen molar-refractivity contribution in [1.29, 1.82) is 5.41 Å². The van der Waals surface area contributed by atoms with Gasteiger partial charge in [-0.2, -0.15) is 0 Å². The molecule has 2 aliphatic rings. The standard InChI is InChI=1S/C27H24FN7OS/c28-16-6-3-14(4-7-16)5-8-17-20(25(30)33-13-29)21(19-12-15-9-10-32-26(31)24(15)37-19)22-23(34-17)18-2-1-11-35(18)27(22)36/h3-4,6-7,9-10,12-13,18H,1-2,5,8,11H2,(H2,31,32)(H3,29,30,33). The van der Waals surface area contributed by atoms with Crippen LogP contribution in [0.4, 0.5) is 10.2 Å². The van der Waals surface area contributed by atoms with E-state index in [1.165, 1.54) is 23.5 Å². The van der Waals surface area contributed by atoms with Gasteiger partial charge in [0.25, 0.3) is 5.91 Å². The minimum absolute atomic E-state index is 0.0578. The highest BCUT2D eigenvalue weighted by molar-refractivity contribution is 7.22. The van der Waals surface area contributed by atoms with Crippen LogP contribution in [-0.2, 0) is 12.8 Å². The van der Waals surface area contributed by atoms with Gasteiger partial charge in [-0.1, -0.05) is 12.1 Å². The summed E-state index contributed by atoms with van der Waals surface area (Å²) in [6, 6.07) is 10.2. The first-order valence-corrected chi connectivity index (χ1v) is 12.9. The van der Waals surface area contributed by atoms with Gasteiger partial charge in [0.1, 0.15) is 23.8 Å². The number of aliphatic imine (C=N–C) groups is 1. The van der Waals surface area contributed by atoms with Gasteiger partial charge in [-0.3, -0.25) is 15.2 Å². The molecule has 0 spiro atoms. The number of rotatable bonds is 6. The number of thiophene rings is 1. The Labute approximate surface area is 216 Å². The summed E-state index contributed by atoms with van der Waals surface area (Å²) in [5.41, 5.74) is 16.8. The predicted molar refractivity (Wildman–Crippen MR) is 144 cm³/mol. The maximum absolute atomic E-state index is 13.7. The average Bonchev–Trinajstić information content (AvgIpc) is 3.60. The van der Waals surface area contributed by atoms with E-state index in [1.807, 2.05) is 17.0 Å². The quantitative estimate of drug-likeness (QED) is 0.258. The van der Waals surface area contributed by atoms with Crippen LogP contribution in [0.15, 0.2) is 47.6 Å². The first kappa shape index (κ1) is 23.2. The molecule has 6 rings (SSSR count). The molecule has 0 aliphatic carbocycles. The van der Waals surface area contributed by atoms with Gasteiger partial charge in [-0.05, 0) is 60.9 Å². The van der Waals surface area contributed by atoms with Gasteiger partial charge in [-0.15, -0.1) is 11.3 Å². The third kappa shape index (κ3) is 3.84. The molecule has 37 heavy (non-hydrogen) atoms. The van der Waals surface area contributed by atoms with Gasteiger partial charge in [0.15, 0.2) is 0 Å². The lowest BCUT2D eigenvalue weighted by Gasteiger charge is -2.17. The van der Waals surface area contributed by atoms with Crippen LogP contribution in [0.25, 0.3) is 20.5 Å². The Bertz CT molecular complexity index is 1590. The molecule has 1 fully saturated rings. The molecule has 8 nitrogen and oxygen atoms in total. The second kappa shape index (κ2) is 9.04. The maximum Gasteiger partial charge on any atom is 0.257 e. The van der Waals surface area contributed by atoms with E-state index in [4.69, 9.17) is 21.9 Å². The normalized spacial score (nSPS) is 16.9. The van der Waals surface area contributed by atoms with Crippen LogP contribution in [-0.4, -0.2) is 39.5 Å². The summed E-state index contributed by atoms with van der Waals surface area (Å²) in [5.74, 6) is 0.198. The van der Waals surface area contributed by atoms with Gasteiger partial charge in [0.05, 0.1) is 27.7 Å². The molecule has 5 heterocycles. The van der Waals surface area contributed by atoms with E-state index in [-0.39, 0.29) is 23.6 Å². The second-order valence-electron chi connectivity index (χ2n) is 9.22. The van der Waals surface area contributed by atoms with E-state index in [1.54, 1.807) is 18.3 Å². The van der Waals surface area contributed by atoms with Crippen molar-refractivity contribution in [3.05, 3.63) is 76.5 Å². The summed E-state index contributed by atoms with van der Waals surface area (Å²) in [7, 11) is 0. The SMILES string of the molecule is N=CN=C(N)c1c(CCc2ccc(F)cc2)nc2c(c1-c1cc3ccnc(N)c3s1)C(=O)N1CCCC21. The summed E-state index contributed by atoms with van der Waals surface area (Å²) in [6.45, 7) is 0.687. The zero-order valence-corrected chi connectivity index (χ0v) is 20.7. The van der Waals surface area contributed by atoms with Crippen molar-refractivity contribution >= 4 is 45.3 Å². The summed E-state index contributed by atoms with van der Waals surface area (Å²) < 4.78 is 14.3. The largest absolute Gasteiger partial charge is 0.383 e. The Morgan fingerprint density at radius 1 is 1.24 bits per heavy atom. The summed E-state index contributed by atoms with van der Waals surface area (Å²) in [4.78, 5) is 29.8. The first-order chi connectivity index (χ1) is 18.0. The number of nitrogens with zero attached hydrogens (tertiary/aromatic N) is 4. The Balaban J connectivity index is 1.60. The molecule has 1 aromatic carbocycles. The number of fused-ring (bicyclic) bond motifs is 4. The molecule has 4 aromatic rings. The number of carbonyl (C=O) groups excluding carboxylic acids is 1. The molecule has 1 saturated heterocycles. The summed E-state index contributed by atoms with van der Waals surface area (Å²) in [6.07, 6.45) is 5.44. The number of nitrogen functional groups attached to an aromatic ring is 1. The fourth-order valence-electron chi connectivity index (χ4n) is 5.41. The smallest absolute Gasteiger partial charge is 0.257 e. The van der Waals surface area contributed by atoms with Crippen molar-refractivity contribution in [2.24, 2.45) is 10.7 Å². The van der Waals surface area contributed by atoms with Crippen molar-refractivity contribution in [2.75, 3.05) is 12.3 Å². The first-order valence-electron chi connectivity index (χ1n) is 12.1. The van der Waals surface area contributed by atoms with Gasteiger partial charge < -0.3 is 16.4 Å². The number of nitrogens with two attached hydrogens (primary N) is 2. The maximum atomic E-state index is 13.7. The van der Waals surface area contributed by atoms with E-state index in [0.29, 0.717) is 47.6 Å². The molecular formula is C27H24FN7OS. The highest BCUT2D eigenvalue weighted by atomic mass is 32.1. The number of amidine groups is 1. The molecular weight excluding hydrogens is 489 g/mol. The van der Waals surface area contributed by atoms with Crippen LogP contribution in [0.1, 0.15) is 51.8 Å². The number of halogens is 1. The topological polar surface area (TPSA) is 134 Å². The lowest BCUT2D eigenvalue weighted by molar-refractivity contribution is 0.0776. The summed E-state index contributed by atoms with van der Waals surface area (Å²) in [5, 5.41) is 8.47. The Morgan fingerprint density at radius 3 is 2.81 bits per heavy atom. The van der Waals surface area contributed by atoms with Crippen molar-refractivity contribution in [1.82, 2.24) is 14.9 Å². The minimum atomic E-state index is -0.289. The van der Waals surface area contributed by atoms with Gasteiger partial charge >= 0.3 is 0 Å². The van der Waals surface area contributed by atoms with Crippen LogP contribution in [0.5, 0.6) is 0 Å². The number of hydrogen-bond acceptors (Lipinski definition) is 6. The van der Waals surface area contributed by atoms with Crippen LogP contribution in [0.3, 0.4) is 0 Å². The second-order valence-corrected chi connectivity index (χ2v) is 10.3. The third-order valence-electron chi connectivity index (χ3n) is 7.07. The molecule has 10 heteroatoms. The number of nitrogens with one attached hydrogen (secondary N) is 1. The van der Waals surface area contributed by atoms with Crippen LogP contribution < -0.4 is 11.5 Å². The molecule has 186 valence electrons. The zero-order valence-electron chi connectivity index (χ0n) is 19.9. The molecule has 1 unspecified atom stereocenters. The number of pyridine rings is 2. The predicted octanol–water partition coefficient (Wildman–Crippen LogP) is 4.47. The van der Waals surface area contributed by atoms with Gasteiger partial charge in [0.2, 0.25) is 0 Å². The molecule has 1 atom stereocenters. The lowest BCUT2D eigenvalue weighted by Crippen LogP contribution is -2.23. The van der Waals surface area contributed by atoms with Crippen molar-refractivity contribution in [2.45, 2.75) is 31.7 Å². The minimum Gasteiger partial charge on any atom is -0.383 e. The van der Waals surface area contributed by atoms with E-state index < -0.39 is 0 Å². The summed E-state index contributed by atoms with van der Waals surface area (Å²) >= 11 is 1.45. The highest BCUT2D eigenvalue weighted by Gasteiger charge is 2.44. The van der Waals surface area contributed by atoms with Gasteiger partial charge in [0, 0.05) is 28.7 Å². The number of carbonyl (C=O) groups is 1. The van der Waals surface area contributed by atoms with Crippen molar-refractivity contribution in [3.63, 3.8) is 0 Å². The third-order valence-corrected chi connectivity index (χ3v) is 8.27. The molecule has 0 bridgehead atoms. The number of anilines is 1. The Hall–Kier alpha value is -4.18. The monoisotopic (exact) mass is 513 g/mol. The van der Waals surface area contributed by atoms with Crippen LogP contribution in [0.2, 0.25) is 0 Å². The Kier molecular flexibility index (Phi) is 5.68. The van der Waals surface area contributed by atoms with Crippen molar-refractivity contribution < 1.29 is 9.18 Å². The van der Waals surface area contributed by atoms with Crippen molar-refractivity contribution in [3.8, 4) is 10.4 Å². The number of aromatic nitrogens is 2. The zero-order chi connectivity index (χ0) is 25.7. The molecule has 1 amide bonds. The van der Waals surface area contributed by atoms with E-state index >= 15 is 0 Å². The van der Waals surface area contributed by atoms with Crippen LogP contribution in [0, 0.1) is 11.2 Å². The number of benzene rings is 1. The molecule has 5 N–H and O–H groups in total. The van der Waals surface area contributed by atoms with E-state index in [2.05, 4.69) is 9.98 Å². The molecule has 0 radical (unpaired) electrons. The number of aryl methyl sites for hydroxylation is 2. The molecule has 2 aliphatic heterocycles. The van der Waals surface area contributed by atoms with E-state index in [0.717, 1.165) is 45.4 Å². The van der Waals surface area contributed by atoms with Gasteiger partial charge in [-0.25, -0.2) is 14.4 Å². The van der Waals surface area contributed by atoms with Crippen LogP contribution >= 0.6 is 11.3 Å². The average molecular weight is 514 g/mol.